The number of tetrazole rings is 1. The smallest absolute Gasteiger partial charge is 0.258 e. The van der Waals surface area contributed by atoms with Crippen molar-refractivity contribution in [2.75, 3.05) is 6.54 Å². The number of likely N-dealkylation sites (tertiary alicyclic amines) is 1. The zero-order valence-corrected chi connectivity index (χ0v) is 14.3. The van der Waals surface area contributed by atoms with E-state index in [-0.39, 0.29) is 11.9 Å². The minimum atomic E-state index is -0.496. The van der Waals surface area contributed by atoms with Crippen LogP contribution in [0, 0.1) is 0 Å². The van der Waals surface area contributed by atoms with Crippen LogP contribution in [0.5, 0.6) is 0 Å². The SMILES string of the molecule is CC1C(O)CCCN1C(=O)c1cn[nH]c1-c1cccc(-c2nn[nH]n2)c1. The Morgan fingerprint density at radius 1 is 1.35 bits per heavy atom. The molecule has 2 aromatic heterocycles. The summed E-state index contributed by atoms with van der Waals surface area (Å²) >= 11 is 0. The van der Waals surface area contributed by atoms with Gasteiger partial charge in [0.1, 0.15) is 0 Å². The molecule has 0 aliphatic carbocycles. The van der Waals surface area contributed by atoms with Crippen LogP contribution in [-0.2, 0) is 0 Å². The van der Waals surface area contributed by atoms with Crippen LogP contribution in [0.1, 0.15) is 30.1 Å². The number of carbonyl (C=O) groups is 1. The summed E-state index contributed by atoms with van der Waals surface area (Å²) in [5.74, 6) is 0.344. The van der Waals surface area contributed by atoms with Crippen molar-refractivity contribution in [1.82, 2.24) is 35.7 Å². The molecule has 3 heterocycles. The number of nitrogens with one attached hydrogen (secondary N) is 2. The summed E-state index contributed by atoms with van der Waals surface area (Å²) in [4.78, 5) is 14.8. The minimum Gasteiger partial charge on any atom is -0.391 e. The molecule has 1 saturated heterocycles. The fourth-order valence-electron chi connectivity index (χ4n) is 3.33. The van der Waals surface area contributed by atoms with E-state index < -0.39 is 6.10 Å². The van der Waals surface area contributed by atoms with Gasteiger partial charge < -0.3 is 10.0 Å². The maximum absolute atomic E-state index is 13.0. The first-order valence-electron chi connectivity index (χ1n) is 8.52. The van der Waals surface area contributed by atoms with E-state index in [2.05, 4.69) is 30.8 Å². The number of hydrogen-bond acceptors (Lipinski definition) is 6. The van der Waals surface area contributed by atoms with Gasteiger partial charge in [0.05, 0.1) is 29.6 Å². The zero-order chi connectivity index (χ0) is 18.1. The normalized spacial score (nSPS) is 20.3. The fourth-order valence-corrected chi connectivity index (χ4v) is 3.33. The highest BCUT2D eigenvalue weighted by atomic mass is 16.3. The summed E-state index contributed by atoms with van der Waals surface area (Å²) in [6.45, 7) is 2.50. The maximum atomic E-state index is 13.0. The third-order valence-corrected chi connectivity index (χ3v) is 4.83. The van der Waals surface area contributed by atoms with E-state index in [1.54, 1.807) is 4.90 Å². The summed E-state index contributed by atoms with van der Waals surface area (Å²) in [6.07, 6.45) is 2.55. The Balaban J connectivity index is 1.67. The van der Waals surface area contributed by atoms with Gasteiger partial charge >= 0.3 is 0 Å². The number of aromatic amines is 2. The monoisotopic (exact) mass is 353 g/mol. The van der Waals surface area contributed by atoms with Gasteiger partial charge in [0.25, 0.3) is 5.91 Å². The summed E-state index contributed by atoms with van der Waals surface area (Å²) in [5.41, 5.74) is 2.70. The first-order valence-corrected chi connectivity index (χ1v) is 8.52. The second-order valence-corrected chi connectivity index (χ2v) is 6.42. The highest BCUT2D eigenvalue weighted by Crippen LogP contribution is 2.28. The Morgan fingerprint density at radius 2 is 2.19 bits per heavy atom. The second-order valence-electron chi connectivity index (χ2n) is 6.42. The molecule has 0 spiro atoms. The van der Waals surface area contributed by atoms with Crippen LogP contribution in [0.25, 0.3) is 22.6 Å². The van der Waals surface area contributed by atoms with E-state index in [0.717, 1.165) is 24.0 Å². The van der Waals surface area contributed by atoms with Gasteiger partial charge in [-0.3, -0.25) is 9.89 Å². The number of amides is 1. The Kier molecular flexibility index (Phi) is 4.21. The standard InChI is InChI=1S/C17H19N7O2/c1-10-14(25)6-3-7-24(10)17(26)13-9-18-19-15(13)11-4-2-5-12(8-11)16-20-22-23-21-16/h2,4-5,8-10,14,25H,3,6-7H2,1H3,(H,18,19)(H,20,21,22,23). The van der Waals surface area contributed by atoms with E-state index in [1.165, 1.54) is 6.20 Å². The molecule has 2 atom stereocenters. The number of hydrogen-bond donors (Lipinski definition) is 3. The van der Waals surface area contributed by atoms with Crippen LogP contribution in [0.3, 0.4) is 0 Å². The molecule has 9 heteroatoms. The number of aromatic nitrogens is 6. The number of aliphatic hydroxyl groups excluding tert-OH is 1. The number of piperidine rings is 1. The average molecular weight is 353 g/mol. The molecule has 0 saturated carbocycles. The van der Waals surface area contributed by atoms with Gasteiger partial charge in [0, 0.05) is 17.7 Å². The molecule has 2 unspecified atom stereocenters. The number of H-pyrrole nitrogens is 2. The lowest BCUT2D eigenvalue weighted by molar-refractivity contribution is 0.0181. The molecule has 3 aromatic rings. The predicted octanol–water partition coefficient (Wildman–Crippen LogP) is 1.24. The van der Waals surface area contributed by atoms with Gasteiger partial charge in [-0.2, -0.15) is 10.3 Å². The van der Waals surface area contributed by atoms with Crippen LogP contribution in [0.2, 0.25) is 0 Å². The molecule has 1 amide bonds. The van der Waals surface area contributed by atoms with Gasteiger partial charge in [-0.05, 0) is 31.0 Å². The molecule has 26 heavy (non-hydrogen) atoms. The minimum absolute atomic E-state index is 0.134. The van der Waals surface area contributed by atoms with E-state index in [1.807, 2.05) is 31.2 Å². The second kappa shape index (κ2) is 6.68. The van der Waals surface area contributed by atoms with E-state index in [4.69, 9.17) is 0 Å². The molecule has 9 nitrogen and oxygen atoms in total. The van der Waals surface area contributed by atoms with Crippen molar-refractivity contribution in [3.8, 4) is 22.6 Å². The van der Waals surface area contributed by atoms with Crippen molar-refractivity contribution in [3.05, 3.63) is 36.0 Å². The quantitative estimate of drug-likeness (QED) is 0.651. The fraction of sp³-hybridized carbons (Fsp3) is 0.353. The molecule has 1 fully saturated rings. The molecule has 3 N–H and O–H groups in total. The molecule has 0 radical (unpaired) electrons. The van der Waals surface area contributed by atoms with Crippen molar-refractivity contribution in [2.45, 2.75) is 31.9 Å². The van der Waals surface area contributed by atoms with E-state index in [9.17, 15) is 9.90 Å². The molecule has 1 aliphatic rings. The van der Waals surface area contributed by atoms with Gasteiger partial charge in [-0.25, -0.2) is 0 Å². The number of nitrogens with zero attached hydrogens (tertiary/aromatic N) is 5. The topological polar surface area (TPSA) is 124 Å². The Hall–Kier alpha value is -3.07. The summed E-state index contributed by atoms with van der Waals surface area (Å²) < 4.78 is 0. The van der Waals surface area contributed by atoms with Crippen LogP contribution < -0.4 is 0 Å². The van der Waals surface area contributed by atoms with Crippen LogP contribution >= 0.6 is 0 Å². The third kappa shape index (κ3) is 2.86. The van der Waals surface area contributed by atoms with Crippen LogP contribution in [0.15, 0.2) is 30.5 Å². The molecular formula is C17H19N7O2. The van der Waals surface area contributed by atoms with Crippen molar-refractivity contribution in [3.63, 3.8) is 0 Å². The Labute approximate surface area is 149 Å². The number of benzene rings is 1. The molecule has 4 rings (SSSR count). The number of carbonyl (C=O) groups excluding carboxylic acids is 1. The summed E-state index contributed by atoms with van der Waals surface area (Å²) in [5, 5.41) is 31.0. The Morgan fingerprint density at radius 3 is 3.00 bits per heavy atom. The number of rotatable bonds is 3. The molecule has 0 bridgehead atoms. The average Bonchev–Trinajstić information content (AvgIpc) is 3.35. The van der Waals surface area contributed by atoms with Crippen LogP contribution in [-0.4, -0.2) is 65.4 Å². The van der Waals surface area contributed by atoms with Crippen molar-refractivity contribution in [1.29, 1.82) is 0 Å². The maximum Gasteiger partial charge on any atom is 0.258 e. The first-order chi connectivity index (χ1) is 12.6. The molecule has 134 valence electrons. The lowest BCUT2D eigenvalue weighted by Crippen LogP contribution is -2.49. The van der Waals surface area contributed by atoms with E-state index >= 15 is 0 Å². The van der Waals surface area contributed by atoms with Gasteiger partial charge in [0.2, 0.25) is 5.82 Å². The number of aliphatic hydroxyl groups is 1. The first kappa shape index (κ1) is 16.4. The van der Waals surface area contributed by atoms with Gasteiger partial charge in [-0.15, -0.1) is 10.2 Å². The molecule has 1 aromatic carbocycles. The highest BCUT2D eigenvalue weighted by Gasteiger charge is 2.32. The third-order valence-electron chi connectivity index (χ3n) is 4.83. The molecular weight excluding hydrogens is 334 g/mol. The van der Waals surface area contributed by atoms with Gasteiger partial charge in [0.15, 0.2) is 0 Å². The van der Waals surface area contributed by atoms with E-state index in [0.29, 0.717) is 23.6 Å². The lowest BCUT2D eigenvalue weighted by Gasteiger charge is -2.36. The van der Waals surface area contributed by atoms with Crippen LogP contribution in [0.4, 0.5) is 0 Å². The van der Waals surface area contributed by atoms with Gasteiger partial charge in [-0.1, -0.05) is 18.2 Å². The largest absolute Gasteiger partial charge is 0.391 e. The highest BCUT2D eigenvalue weighted by molar-refractivity contribution is 6.00. The lowest BCUT2D eigenvalue weighted by atomic mass is 9.98. The summed E-state index contributed by atoms with van der Waals surface area (Å²) in [7, 11) is 0. The van der Waals surface area contributed by atoms with Crippen molar-refractivity contribution < 1.29 is 9.90 Å². The molecule has 1 aliphatic heterocycles. The Bertz CT molecular complexity index is 905. The predicted molar refractivity (Wildman–Crippen MR) is 92.9 cm³/mol. The zero-order valence-electron chi connectivity index (χ0n) is 14.3. The van der Waals surface area contributed by atoms with Crippen molar-refractivity contribution in [2.24, 2.45) is 0 Å². The summed E-state index contributed by atoms with van der Waals surface area (Å²) in [6, 6.07) is 7.29. The van der Waals surface area contributed by atoms with Crippen molar-refractivity contribution >= 4 is 5.91 Å².